The number of Topliss-reactive ketones (excluding diaryl/α,β-unsaturated/α-hetero) is 1. The fourth-order valence-corrected chi connectivity index (χ4v) is 1.92. The summed E-state index contributed by atoms with van der Waals surface area (Å²) in [7, 11) is 1.29. The molecule has 2 aromatic rings. The van der Waals surface area contributed by atoms with Crippen LogP contribution in [0.5, 0.6) is 0 Å². The Bertz CT molecular complexity index is 792. The van der Waals surface area contributed by atoms with Gasteiger partial charge in [0.2, 0.25) is 0 Å². The fraction of sp³-hybridized carbons (Fsp3) is 0.105. The molecule has 0 spiro atoms. The molecule has 0 amide bonds. The van der Waals surface area contributed by atoms with E-state index in [-0.39, 0.29) is 5.56 Å². The number of carbonyl (C=O) groups excluding carboxylic acids is 3. The minimum Gasteiger partial charge on any atom is -0.465 e. The highest BCUT2D eigenvalue weighted by Gasteiger charge is 2.08. The largest absolute Gasteiger partial charge is 0.465 e. The van der Waals surface area contributed by atoms with E-state index < -0.39 is 30.1 Å². The maximum Gasteiger partial charge on any atom is 0.337 e. The van der Waals surface area contributed by atoms with Gasteiger partial charge >= 0.3 is 11.9 Å². The number of rotatable bonds is 6. The molecular weight excluding hydrogens is 327 g/mol. The van der Waals surface area contributed by atoms with E-state index in [2.05, 4.69) is 4.74 Å². The highest BCUT2D eigenvalue weighted by atomic mass is 19.1. The van der Waals surface area contributed by atoms with Gasteiger partial charge in [-0.25, -0.2) is 14.0 Å². The molecule has 0 aliphatic heterocycles. The zero-order valence-corrected chi connectivity index (χ0v) is 13.4. The van der Waals surface area contributed by atoms with Crippen LogP contribution in [0.2, 0.25) is 0 Å². The number of halogens is 1. The molecule has 0 aromatic heterocycles. The van der Waals surface area contributed by atoms with Gasteiger partial charge in [-0.3, -0.25) is 4.79 Å². The Morgan fingerprint density at radius 1 is 0.960 bits per heavy atom. The number of esters is 2. The van der Waals surface area contributed by atoms with Crippen LogP contribution in [0.4, 0.5) is 4.39 Å². The van der Waals surface area contributed by atoms with Crippen LogP contribution < -0.4 is 0 Å². The zero-order valence-electron chi connectivity index (χ0n) is 13.4. The molecule has 0 N–H and O–H groups in total. The number of hydrogen-bond donors (Lipinski definition) is 0. The molecule has 0 heterocycles. The average molecular weight is 342 g/mol. The van der Waals surface area contributed by atoms with Gasteiger partial charge in [0.1, 0.15) is 5.82 Å². The monoisotopic (exact) mass is 342 g/mol. The van der Waals surface area contributed by atoms with Gasteiger partial charge in [-0.2, -0.15) is 0 Å². The molecule has 2 rings (SSSR count). The highest BCUT2D eigenvalue weighted by molar-refractivity contribution is 5.98. The van der Waals surface area contributed by atoms with E-state index in [4.69, 9.17) is 4.74 Å². The van der Waals surface area contributed by atoms with Crippen molar-refractivity contribution in [1.29, 1.82) is 0 Å². The molecule has 0 aliphatic carbocycles. The van der Waals surface area contributed by atoms with Crippen LogP contribution >= 0.6 is 0 Å². The van der Waals surface area contributed by atoms with Crippen molar-refractivity contribution in [2.75, 3.05) is 13.7 Å². The Kier molecular flexibility index (Phi) is 6.17. The second kappa shape index (κ2) is 8.54. The van der Waals surface area contributed by atoms with E-state index in [1.807, 2.05) is 0 Å². The Hall–Kier alpha value is -3.28. The maximum atomic E-state index is 12.8. The summed E-state index contributed by atoms with van der Waals surface area (Å²) in [5.41, 5.74) is 1.33. The second-order valence-electron chi connectivity index (χ2n) is 4.98. The Balaban J connectivity index is 1.87. The minimum absolute atomic E-state index is 0.261. The van der Waals surface area contributed by atoms with Crippen molar-refractivity contribution < 1.29 is 28.2 Å². The summed E-state index contributed by atoms with van der Waals surface area (Å²) in [6, 6.07) is 11.4. The molecule has 0 saturated carbocycles. The molecule has 0 atom stereocenters. The van der Waals surface area contributed by atoms with Crippen molar-refractivity contribution >= 4 is 23.8 Å². The van der Waals surface area contributed by atoms with Crippen LogP contribution in [0.1, 0.15) is 26.3 Å². The van der Waals surface area contributed by atoms with Crippen LogP contribution in [0.15, 0.2) is 54.6 Å². The van der Waals surface area contributed by atoms with Gasteiger partial charge < -0.3 is 9.47 Å². The first-order valence-electron chi connectivity index (χ1n) is 7.31. The van der Waals surface area contributed by atoms with E-state index in [0.29, 0.717) is 11.1 Å². The fourth-order valence-electron chi connectivity index (χ4n) is 1.92. The molecule has 6 heteroatoms. The van der Waals surface area contributed by atoms with Crippen LogP contribution in [0, 0.1) is 5.82 Å². The van der Waals surface area contributed by atoms with Crippen molar-refractivity contribution in [3.8, 4) is 0 Å². The molecule has 0 aliphatic rings. The van der Waals surface area contributed by atoms with Gasteiger partial charge in [0.05, 0.1) is 12.7 Å². The summed E-state index contributed by atoms with van der Waals surface area (Å²) in [4.78, 5) is 34.7. The predicted octanol–water partition coefficient (Wildman–Crippen LogP) is 3.05. The number of ether oxygens (including phenoxy) is 2. The van der Waals surface area contributed by atoms with Gasteiger partial charge in [-0.05, 0) is 48.0 Å². The molecule has 5 nitrogen and oxygen atoms in total. The highest BCUT2D eigenvalue weighted by Crippen LogP contribution is 2.08. The summed E-state index contributed by atoms with van der Waals surface area (Å²) in [6.07, 6.45) is 2.66. The third kappa shape index (κ3) is 5.39. The molecule has 128 valence electrons. The first kappa shape index (κ1) is 18.1. The van der Waals surface area contributed by atoms with Crippen LogP contribution in [0.25, 0.3) is 6.08 Å². The molecule has 0 fully saturated rings. The van der Waals surface area contributed by atoms with E-state index in [1.165, 1.54) is 31.4 Å². The predicted molar refractivity (Wildman–Crippen MR) is 88.5 cm³/mol. The molecule has 2 aromatic carbocycles. The molecule has 0 saturated heterocycles. The van der Waals surface area contributed by atoms with Crippen LogP contribution in [0.3, 0.4) is 0 Å². The standard InChI is InChI=1S/C19H15FO5/c1-24-19(23)15-5-2-13(3-6-15)4-11-18(22)25-12-17(21)14-7-9-16(20)10-8-14/h2-11H,12H2,1H3/b11-4+. The lowest BCUT2D eigenvalue weighted by Gasteiger charge is -2.02. The van der Waals surface area contributed by atoms with Crippen molar-refractivity contribution in [3.63, 3.8) is 0 Å². The summed E-state index contributed by atoms with van der Waals surface area (Å²) < 4.78 is 22.2. The zero-order chi connectivity index (χ0) is 18.2. The Labute approximate surface area is 143 Å². The lowest BCUT2D eigenvalue weighted by Crippen LogP contribution is -2.12. The van der Waals surface area contributed by atoms with Crippen LogP contribution in [-0.2, 0) is 14.3 Å². The van der Waals surface area contributed by atoms with E-state index in [9.17, 15) is 18.8 Å². The Morgan fingerprint density at radius 3 is 2.16 bits per heavy atom. The summed E-state index contributed by atoms with van der Waals surface area (Å²) in [6.45, 7) is -0.434. The van der Waals surface area contributed by atoms with Crippen molar-refractivity contribution in [2.45, 2.75) is 0 Å². The first-order valence-corrected chi connectivity index (χ1v) is 7.31. The Morgan fingerprint density at radius 2 is 1.56 bits per heavy atom. The number of hydrogen-bond acceptors (Lipinski definition) is 5. The molecule has 25 heavy (non-hydrogen) atoms. The lowest BCUT2D eigenvalue weighted by molar-refractivity contribution is -0.136. The van der Waals surface area contributed by atoms with Gasteiger partial charge in [0.25, 0.3) is 0 Å². The minimum atomic E-state index is -0.687. The lowest BCUT2D eigenvalue weighted by atomic mass is 10.1. The number of benzene rings is 2. The van der Waals surface area contributed by atoms with Crippen molar-refractivity contribution in [1.82, 2.24) is 0 Å². The maximum absolute atomic E-state index is 12.8. The number of carbonyl (C=O) groups is 3. The van der Waals surface area contributed by atoms with E-state index >= 15 is 0 Å². The number of ketones is 1. The van der Waals surface area contributed by atoms with Crippen molar-refractivity contribution in [3.05, 3.63) is 77.1 Å². The van der Waals surface area contributed by atoms with E-state index in [0.717, 1.165) is 12.1 Å². The molecule has 0 unspecified atom stereocenters. The molecular formula is C19H15FO5. The quantitative estimate of drug-likeness (QED) is 0.458. The third-order valence-electron chi connectivity index (χ3n) is 3.26. The smallest absolute Gasteiger partial charge is 0.337 e. The summed E-state index contributed by atoms with van der Waals surface area (Å²) >= 11 is 0. The van der Waals surface area contributed by atoms with Gasteiger partial charge in [-0.15, -0.1) is 0 Å². The van der Waals surface area contributed by atoms with Gasteiger partial charge in [0.15, 0.2) is 12.4 Å². The van der Waals surface area contributed by atoms with Gasteiger partial charge in [-0.1, -0.05) is 12.1 Å². The molecule has 0 radical (unpaired) electrons. The topological polar surface area (TPSA) is 69.7 Å². The first-order chi connectivity index (χ1) is 12.0. The normalized spacial score (nSPS) is 10.5. The van der Waals surface area contributed by atoms with Crippen LogP contribution in [-0.4, -0.2) is 31.4 Å². The number of methoxy groups -OCH3 is 1. The third-order valence-corrected chi connectivity index (χ3v) is 3.26. The second-order valence-corrected chi connectivity index (χ2v) is 4.98. The summed E-state index contributed by atoms with van der Waals surface area (Å²) in [5, 5.41) is 0. The van der Waals surface area contributed by atoms with E-state index in [1.54, 1.807) is 24.3 Å². The summed E-state index contributed by atoms with van der Waals surface area (Å²) in [5.74, 6) is -2.01. The average Bonchev–Trinajstić information content (AvgIpc) is 2.64. The van der Waals surface area contributed by atoms with Gasteiger partial charge in [0, 0.05) is 11.6 Å². The van der Waals surface area contributed by atoms with Crippen molar-refractivity contribution in [2.24, 2.45) is 0 Å². The SMILES string of the molecule is COC(=O)c1ccc(/C=C/C(=O)OCC(=O)c2ccc(F)cc2)cc1. The molecule has 0 bridgehead atoms.